The minimum absolute atomic E-state index is 0.455. The minimum Gasteiger partial charge on any atom is -0.293 e. The molecule has 1 aliphatic rings. The van der Waals surface area contributed by atoms with Gasteiger partial charge < -0.3 is 0 Å². The van der Waals surface area contributed by atoms with Gasteiger partial charge in [0.05, 0.1) is 22.5 Å². The van der Waals surface area contributed by atoms with E-state index in [4.69, 9.17) is 0 Å². The van der Waals surface area contributed by atoms with Crippen molar-refractivity contribution in [2.45, 2.75) is 25.7 Å². The molecule has 158 valence electrons. The number of hydrogen-bond acceptors (Lipinski definition) is 4. The Morgan fingerprint density at radius 1 is 1.03 bits per heavy atom. The van der Waals surface area contributed by atoms with E-state index in [1.807, 2.05) is 23.9 Å². The highest BCUT2D eigenvalue weighted by Crippen LogP contribution is 2.31. The van der Waals surface area contributed by atoms with Crippen molar-refractivity contribution in [2.75, 3.05) is 6.54 Å². The van der Waals surface area contributed by atoms with Crippen molar-refractivity contribution in [2.24, 2.45) is 7.05 Å². The molecule has 5 nitrogen and oxygen atoms in total. The van der Waals surface area contributed by atoms with Crippen molar-refractivity contribution >= 4 is 10.9 Å². The predicted molar refractivity (Wildman–Crippen MR) is 111 cm³/mol. The SMILES string of the molecule is Cn1nc(CN2CCc3nc(-c4ccc(C(F)(F)F)cc4)ncc3C2)c2ccccc21. The molecule has 0 saturated carbocycles. The van der Waals surface area contributed by atoms with Gasteiger partial charge in [-0.15, -0.1) is 0 Å². The number of nitrogens with zero attached hydrogens (tertiary/aromatic N) is 5. The van der Waals surface area contributed by atoms with E-state index in [-0.39, 0.29) is 0 Å². The first kappa shape index (κ1) is 19.7. The highest BCUT2D eigenvalue weighted by atomic mass is 19.4. The highest BCUT2D eigenvalue weighted by molar-refractivity contribution is 5.81. The maximum Gasteiger partial charge on any atom is 0.416 e. The molecule has 0 aliphatic carbocycles. The molecule has 0 bridgehead atoms. The number of alkyl halides is 3. The molecular formula is C23H20F3N5. The topological polar surface area (TPSA) is 46.8 Å². The number of benzene rings is 2. The van der Waals surface area contributed by atoms with Crippen molar-refractivity contribution in [3.63, 3.8) is 0 Å². The summed E-state index contributed by atoms with van der Waals surface area (Å²) in [6.45, 7) is 2.29. The van der Waals surface area contributed by atoms with Crippen LogP contribution in [-0.2, 0) is 32.7 Å². The number of aromatic nitrogens is 4. The summed E-state index contributed by atoms with van der Waals surface area (Å²) in [7, 11) is 1.95. The molecule has 0 radical (unpaired) electrons. The molecule has 0 spiro atoms. The number of aryl methyl sites for hydroxylation is 1. The number of halogens is 3. The van der Waals surface area contributed by atoms with Crippen molar-refractivity contribution in [1.82, 2.24) is 24.6 Å². The number of rotatable bonds is 3. The largest absolute Gasteiger partial charge is 0.416 e. The molecule has 0 atom stereocenters. The lowest BCUT2D eigenvalue weighted by Gasteiger charge is -2.27. The summed E-state index contributed by atoms with van der Waals surface area (Å²) in [5.41, 5.74) is 4.06. The van der Waals surface area contributed by atoms with Gasteiger partial charge in [-0.2, -0.15) is 18.3 Å². The average molecular weight is 423 g/mol. The molecule has 31 heavy (non-hydrogen) atoms. The van der Waals surface area contributed by atoms with Crippen LogP contribution in [0.15, 0.2) is 54.7 Å². The summed E-state index contributed by atoms with van der Waals surface area (Å²) in [6.07, 6.45) is -1.80. The van der Waals surface area contributed by atoms with Crippen LogP contribution in [0.4, 0.5) is 13.2 Å². The quantitative estimate of drug-likeness (QED) is 0.483. The van der Waals surface area contributed by atoms with E-state index >= 15 is 0 Å². The Morgan fingerprint density at radius 3 is 2.58 bits per heavy atom. The maximum atomic E-state index is 12.8. The molecule has 0 N–H and O–H groups in total. The average Bonchev–Trinajstić information content (AvgIpc) is 3.08. The molecule has 0 unspecified atom stereocenters. The second kappa shape index (κ2) is 7.46. The standard InChI is InChI=1S/C23H20F3N5/c1-30-21-5-3-2-4-18(21)20(29-30)14-31-11-10-19-16(13-31)12-27-22(28-19)15-6-8-17(9-7-15)23(24,25)26/h2-9,12H,10-11,13-14H2,1H3. The van der Waals surface area contributed by atoms with Crippen LogP contribution >= 0.6 is 0 Å². The van der Waals surface area contributed by atoms with E-state index in [0.29, 0.717) is 17.9 Å². The Morgan fingerprint density at radius 2 is 1.81 bits per heavy atom. The molecule has 1 aliphatic heterocycles. The van der Waals surface area contributed by atoms with Gasteiger partial charge in [0.2, 0.25) is 0 Å². The van der Waals surface area contributed by atoms with Crippen LogP contribution in [0.3, 0.4) is 0 Å². The van der Waals surface area contributed by atoms with Gasteiger partial charge in [-0.25, -0.2) is 9.97 Å². The Bertz CT molecular complexity index is 1240. The van der Waals surface area contributed by atoms with E-state index in [9.17, 15) is 13.2 Å². The molecule has 0 amide bonds. The lowest BCUT2D eigenvalue weighted by Crippen LogP contribution is -2.31. The number of hydrogen-bond donors (Lipinski definition) is 0. The molecule has 2 aromatic heterocycles. The third-order valence-electron chi connectivity index (χ3n) is 5.69. The molecule has 3 heterocycles. The predicted octanol–water partition coefficient (Wildman–Crippen LogP) is 4.61. The van der Waals surface area contributed by atoms with Crippen LogP contribution in [0, 0.1) is 0 Å². The molecule has 2 aromatic carbocycles. The Hall–Kier alpha value is -3.26. The summed E-state index contributed by atoms with van der Waals surface area (Å²) in [6, 6.07) is 13.2. The van der Waals surface area contributed by atoms with Crippen LogP contribution in [0.2, 0.25) is 0 Å². The van der Waals surface area contributed by atoms with E-state index in [0.717, 1.165) is 59.5 Å². The van der Waals surface area contributed by atoms with Crippen molar-refractivity contribution < 1.29 is 13.2 Å². The van der Waals surface area contributed by atoms with E-state index < -0.39 is 11.7 Å². The normalized spacial score (nSPS) is 14.7. The van der Waals surface area contributed by atoms with Gasteiger partial charge in [0.1, 0.15) is 0 Å². The highest BCUT2D eigenvalue weighted by Gasteiger charge is 2.30. The third-order valence-corrected chi connectivity index (χ3v) is 5.69. The van der Waals surface area contributed by atoms with E-state index in [1.54, 1.807) is 6.20 Å². The maximum absolute atomic E-state index is 12.8. The zero-order valence-electron chi connectivity index (χ0n) is 16.9. The van der Waals surface area contributed by atoms with Gasteiger partial charge in [-0.1, -0.05) is 30.3 Å². The van der Waals surface area contributed by atoms with Crippen LogP contribution in [0.5, 0.6) is 0 Å². The second-order valence-electron chi connectivity index (χ2n) is 7.79. The second-order valence-corrected chi connectivity index (χ2v) is 7.79. The monoisotopic (exact) mass is 423 g/mol. The Labute approximate surface area is 177 Å². The summed E-state index contributed by atoms with van der Waals surface area (Å²) in [5.74, 6) is 0.455. The summed E-state index contributed by atoms with van der Waals surface area (Å²) in [4.78, 5) is 11.4. The fourth-order valence-electron chi connectivity index (χ4n) is 4.07. The van der Waals surface area contributed by atoms with Gasteiger partial charge in [-0.05, 0) is 18.2 Å². The molecule has 5 rings (SSSR count). The van der Waals surface area contributed by atoms with Gasteiger partial charge in [-0.3, -0.25) is 9.58 Å². The molecule has 8 heteroatoms. The number of para-hydroxylation sites is 1. The third kappa shape index (κ3) is 3.79. The Balaban J connectivity index is 1.34. The smallest absolute Gasteiger partial charge is 0.293 e. The first-order chi connectivity index (χ1) is 14.9. The Kier molecular flexibility index (Phi) is 4.74. The molecule has 4 aromatic rings. The minimum atomic E-state index is -4.35. The van der Waals surface area contributed by atoms with Crippen molar-refractivity contribution in [3.05, 3.63) is 77.2 Å². The van der Waals surface area contributed by atoms with Gasteiger partial charge in [0.25, 0.3) is 0 Å². The van der Waals surface area contributed by atoms with Gasteiger partial charge in [0.15, 0.2) is 5.82 Å². The molecular weight excluding hydrogens is 403 g/mol. The fraction of sp³-hybridized carbons (Fsp3) is 0.261. The zero-order chi connectivity index (χ0) is 21.6. The lowest BCUT2D eigenvalue weighted by atomic mass is 10.1. The van der Waals surface area contributed by atoms with Crippen LogP contribution in [0.1, 0.15) is 22.5 Å². The first-order valence-electron chi connectivity index (χ1n) is 10.0. The first-order valence-corrected chi connectivity index (χ1v) is 10.0. The van der Waals surface area contributed by atoms with Gasteiger partial charge >= 0.3 is 6.18 Å². The zero-order valence-corrected chi connectivity index (χ0v) is 16.9. The van der Waals surface area contributed by atoms with E-state index in [1.165, 1.54) is 12.1 Å². The number of fused-ring (bicyclic) bond motifs is 2. The fourth-order valence-corrected chi connectivity index (χ4v) is 4.07. The van der Waals surface area contributed by atoms with Gasteiger partial charge in [0, 0.05) is 55.8 Å². The van der Waals surface area contributed by atoms with Crippen LogP contribution in [-0.4, -0.2) is 31.2 Å². The van der Waals surface area contributed by atoms with E-state index in [2.05, 4.69) is 32.1 Å². The van der Waals surface area contributed by atoms with Crippen LogP contribution in [0.25, 0.3) is 22.3 Å². The van der Waals surface area contributed by atoms with Crippen LogP contribution < -0.4 is 0 Å². The summed E-state index contributed by atoms with van der Waals surface area (Å²) >= 11 is 0. The van der Waals surface area contributed by atoms with Crippen molar-refractivity contribution in [3.8, 4) is 11.4 Å². The molecule has 0 fully saturated rings. The van der Waals surface area contributed by atoms with Crippen molar-refractivity contribution in [1.29, 1.82) is 0 Å². The lowest BCUT2D eigenvalue weighted by molar-refractivity contribution is -0.137. The summed E-state index contributed by atoms with van der Waals surface area (Å²) < 4.78 is 40.3. The molecule has 0 saturated heterocycles. The summed E-state index contributed by atoms with van der Waals surface area (Å²) in [5, 5.41) is 5.84.